The largest absolute Gasteiger partial charge is 0.397 e. The standard InChI is InChI=1S/C15H17BrN2O2S/c1-8-9(4-5-20-8)7-18-15(19)14-13(17)11-3-2-10(16)6-12(11)21-14/h2-3,6,8-9H,4-5,7,17H2,1H3,(H,18,19). The first-order valence-electron chi connectivity index (χ1n) is 6.93. The zero-order valence-electron chi connectivity index (χ0n) is 11.7. The Kier molecular flexibility index (Phi) is 4.19. The summed E-state index contributed by atoms with van der Waals surface area (Å²) >= 11 is 4.87. The number of nitrogens with two attached hydrogens (primary N) is 1. The molecular formula is C15H17BrN2O2S. The quantitative estimate of drug-likeness (QED) is 0.872. The number of nitrogen functional groups attached to an aromatic ring is 1. The van der Waals surface area contributed by atoms with Crippen molar-refractivity contribution in [2.75, 3.05) is 18.9 Å². The maximum absolute atomic E-state index is 12.4. The number of rotatable bonds is 3. The smallest absolute Gasteiger partial charge is 0.263 e. The van der Waals surface area contributed by atoms with Gasteiger partial charge in [-0.25, -0.2) is 0 Å². The van der Waals surface area contributed by atoms with Gasteiger partial charge in [-0.3, -0.25) is 4.79 Å². The molecule has 0 radical (unpaired) electrons. The number of carbonyl (C=O) groups is 1. The zero-order chi connectivity index (χ0) is 15.0. The fourth-order valence-electron chi connectivity index (χ4n) is 2.61. The summed E-state index contributed by atoms with van der Waals surface area (Å²) in [5, 5.41) is 3.92. The molecule has 2 heterocycles. The second kappa shape index (κ2) is 5.94. The van der Waals surface area contributed by atoms with Crippen LogP contribution in [0.3, 0.4) is 0 Å². The van der Waals surface area contributed by atoms with Crippen LogP contribution in [0.1, 0.15) is 23.0 Å². The minimum absolute atomic E-state index is 0.0936. The van der Waals surface area contributed by atoms with Gasteiger partial charge in [0.15, 0.2) is 0 Å². The molecule has 21 heavy (non-hydrogen) atoms. The molecular weight excluding hydrogens is 352 g/mol. The second-order valence-electron chi connectivity index (χ2n) is 5.32. The lowest BCUT2D eigenvalue weighted by Crippen LogP contribution is -2.31. The van der Waals surface area contributed by atoms with Gasteiger partial charge >= 0.3 is 0 Å². The molecule has 4 nitrogen and oxygen atoms in total. The molecule has 0 spiro atoms. The van der Waals surface area contributed by atoms with Crippen LogP contribution in [0.5, 0.6) is 0 Å². The third kappa shape index (κ3) is 2.93. The highest BCUT2D eigenvalue weighted by Gasteiger charge is 2.25. The van der Waals surface area contributed by atoms with Gasteiger partial charge in [0.05, 0.1) is 11.8 Å². The van der Waals surface area contributed by atoms with Crippen LogP contribution in [0, 0.1) is 5.92 Å². The summed E-state index contributed by atoms with van der Waals surface area (Å²) in [5.74, 6) is 0.294. The van der Waals surface area contributed by atoms with Crippen LogP contribution < -0.4 is 11.1 Å². The molecule has 2 unspecified atom stereocenters. The van der Waals surface area contributed by atoms with E-state index in [9.17, 15) is 4.79 Å². The van der Waals surface area contributed by atoms with Crippen LogP contribution in [0.2, 0.25) is 0 Å². The van der Waals surface area contributed by atoms with Crippen molar-refractivity contribution in [3.05, 3.63) is 27.5 Å². The fourth-order valence-corrected chi connectivity index (χ4v) is 4.20. The van der Waals surface area contributed by atoms with E-state index in [1.165, 1.54) is 11.3 Å². The van der Waals surface area contributed by atoms with E-state index in [0.717, 1.165) is 27.6 Å². The van der Waals surface area contributed by atoms with Gasteiger partial charge in [0, 0.05) is 33.6 Å². The van der Waals surface area contributed by atoms with Gasteiger partial charge in [-0.2, -0.15) is 0 Å². The molecule has 2 aromatic rings. The Hall–Kier alpha value is -1.11. The van der Waals surface area contributed by atoms with Gasteiger partial charge in [0.25, 0.3) is 5.91 Å². The Morgan fingerprint density at radius 1 is 1.57 bits per heavy atom. The lowest BCUT2D eigenvalue weighted by atomic mass is 10.0. The van der Waals surface area contributed by atoms with Crippen molar-refractivity contribution in [1.82, 2.24) is 5.32 Å². The van der Waals surface area contributed by atoms with Gasteiger partial charge < -0.3 is 15.8 Å². The van der Waals surface area contributed by atoms with Gasteiger partial charge in [-0.1, -0.05) is 22.0 Å². The van der Waals surface area contributed by atoms with Gasteiger partial charge in [0.1, 0.15) is 4.88 Å². The Labute approximate surface area is 135 Å². The number of thiophene rings is 1. The molecule has 1 saturated heterocycles. The summed E-state index contributed by atoms with van der Waals surface area (Å²) in [6.07, 6.45) is 1.21. The van der Waals surface area contributed by atoms with Gasteiger partial charge in [0.2, 0.25) is 0 Å². The van der Waals surface area contributed by atoms with Gasteiger partial charge in [-0.15, -0.1) is 11.3 Å². The molecule has 1 fully saturated rings. The van der Waals surface area contributed by atoms with Crippen LogP contribution in [0.25, 0.3) is 10.1 Å². The summed E-state index contributed by atoms with van der Waals surface area (Å²) < 4.78 is 7.51. The topological polar surface area (TPSA) is 64.3 Å². The maximum Gasteiger partial charge on any atom is 0.263 e. The number of benzene rings is 1. The molecule has 6 heteroatoms. The first-order valence-corrected chi connectivity index (χ1v) is 8.54. The highest BCUT2D eigenvalue weighted by atomic mass is 79.9. The number of hydrogen-bond acceptors (Lipinski definition) is 4. The predicted molar refractivity (Wildman–Crippen MR) is 89.8 cm³/mol. The van der Waals surface area contributed by atoms with E-state index in [1.807, 2.05) is 18.2 Å². The number of amides is 1. The zero-order valence-corrected chi connectivity index (χ0v) is 14.1. The molecule has 1 aromatic heterocycles. The third-order valence-corrected chi connectivity index (χ3v) is 5.62. The molecule has 1 aliphatic rings. The molecule has 112 valence electrons. The number of nitrogens with one attached hydrogen (secondary N) is 1. The predicted octanol–water partition coefficient (Wildman–Crippen LogP) is 3.40. The SMILES string of the molecule is CC1OCCC1CNC(=O)c1sc2cc(Br)ccc2c1N. The second-order valence-corrected chi connectivity index (χ2v) is 7.29. The Balaban J connectivity index is 1.76. The summed E-state index contributed by atoms with van der Waals surface area (Å²) in [6, 6.07) is 5.86. The highest BCUT2D eigenvalue weighted by Crippen LogP contribution is 2.35. The van der Waals surface area contributed by atoms with Crippen molar-refractivity contribution in [3.63, 3.8) is 0 Å². The van der Waals surface area contributed by atoms with E-state index in [2.05, 4.69) is 28.2 Å². The number of hydrogen-bond donors (Lipinski definition) is 2. The van der Waals surface area contributed by atoms with E-state index >= 15 is 0 Å². The summed E-state index contributed by atoms with van der Waals surface area (Å²) in [5.41, 5.74) is 6.68. The van der Waals surface area contributed by atoms with Crippen molar-refractivity contribution < 1.29 is 9.53 Å². The fraction of sp³-hybridized carbons (Fsp3) is 0.400. The Morgan fingerprint density at radius 2 is 2.38 bits per heavy atom. The van der Waals surface area contributed by atoms with Crippen LogP contribution in [-0.2, 0) is 4.74 Å². The van der Waals surface area contributed by atoms with E-state index in [4.69, 9.17) is 10.5 Å². The Morgan fingerprint density at radius 3 is 3.10 bits per heavy atom. The molecule has 3 rings (SSSR count). The first-order chi connectivity index (χ1) is 10.1. The molecule has 1 aromatic carbocycles. The normalized spacial score (nSPS) is 21.8. The average Bonchev–Trinajstić information content (AvgIpc) is 3.00. The minimum Gasteiger partial charge on any atom is -0.397 e. The molecule has 0 saturated carbocycles. The van der Waals surface area contributed by atoms with Crippen LogP contribution >= 0.6 is 27.3 Å². The van der Waals surface area contributed by atoms with E-state index in [0.29, 0.717) is 23.0 Å². The number of halogens is 1. The van der Waals surface area contributed by atoms with Crippen LogP contribution in [0.4, 0.5) is 5.69 Å². The molecule has 0 aliphatic carbocycles. The summed E-state index contributed by atoms with van der Waals surface area (Å²) in [6.45, 7) is 3.47. The molecule has 2 atom stereocenters. The molecule has 3 N–H and O–H groups in total. The van der Waals surface area contributed by atoms with Crippen molar-refractivity contribution in [3.8, 4) is 0 Å². The average molecular weight is 369 g/mol. The van der Waals surface area contributed by atoms with E-state index in [-0.39, 0.29) is 12.0 Å². The summed E-state index contributed by atoms with van der Waals surface area (Å²) in [4.78, 5) is 12.9. The Bertz CT molecular complexity index is 686. The lowest BCUT2D eigenvalue weighted by molar-refractivity contribution is 0.0911. The lowest BCUT2D eigenvalue weighted by Gasteiger charge is -2.14. The van der Waals surface area contributed by atoms with E-state index < -0.39 is 0 Å². The van der Waals surface area contributed by atoms with Crippen molar-refractivity contribution in [2.24, 2.45) is 5.92 Å². The number of carbonyl (C=O) groups excluding carboxylic acids is 1. The van der Waals surface area contributed by atoms with Crippen molar-refractivity contribution in [2.45, 2.75) is 19.4 Å². The third-order valence-electron chi connectivity index (χ3n) is 3.95. The number of fused-ring (bicyclic) bond motifs is 1. The minimum atomic E-state index is -0.0936. The number of ether oxygens (including phenoxy) is 1. The molecule has 0 bridgehead atoms. The molecule has 1 aliphatic heterocycles. The van der Waals surface area contributed by atoms with Crippen molar-refractivity contribution >= 4 is 48.9 Å². The van der Waals surface area contributed by atoms with Gasteiger partial charge in [-0.05, 0) is 25.5 Å². The highest BCUT2D eigenvalue weighted by molar-refractivity contribution is 9.10. The van der Waals surface area contributed by atoms with E-state index in [1.54, 1.807) is 0 Å². The number of anilines is 1. The van der Waals surface area contributed by atoms with Crippen LogP contribution in [-0.4, -0.2) is 25.2 Å². The monoisotopic (exact) mass is 368 g/mol. The first kappa shape index (κ1) is 14.8. The maximum atomic E-state index is 12.4. The van der Waals surface area contributed by atoms with Crippen molar-refractivity contribution in [1.29, 1.82) is 0 Å². The molecule has 1 amide bonds. The van der Waals surface area contributed by atoms with Crippen LogP contribution in [0.15, 0.2) is 22.7 Å². The summed E-state index contributed by atoms with van der Waals surface area (Å²) in [7, 11) is 0.